The predicted molar refractivity (Wildman–Crippen MR) is 67.4 cm³/mol. The highest BCUT2D eigenvalue weighted by Crippen LogP contribution is 2.24. The zero-order valence-corrected chi connectivity index (χ0v) is 10.3. The van der Waals surface area contributed by atoms with Crippen LogP contribution in [0.4, 0.5) is 0 Å². The fourth-order valence-corrected chi connectivity index (χ4v) is 1.76. The molecule has 18 heavy (non-hydrogen) atoms. The fraction of sp³-hybridized carbons (Fsp3) is 0.385. The van der Waals surface area contributed by atoms with E-state index in [2.05, 4.69) is 15.4 Å². The third kappa shape index (κ3) is 2.68. The Morgan fingerprint density at radius 1 is 1.50 bits per heavy atom. The first-order valence-electron chi connectivity index (χ1n) is 6.15. The zero-order chi connectivity index (χ0) is 12.4. The number of rotatable bonds is 5. The van der Waals surface area contributed by atoms with Gasteiger partial charge in [0.1, 0.15) is 0 Å². The summed E-state index contributed by atoms with van der Waals surface area (Å²) in [7, 11) is 1.86. The number of nitrogens with one attached hydrogen (secondary N) is 1. The van der Waals surface area contributed by atoms with E-state index in [-0.39, 0.29) is 0 Å². The molecule has 94 valence electrons. The van der Waals surface area contributed by atoms with Crippen molar-refractivity contribution in [3.8, 4) is 11.6 Å². The van der Waals surface area contributed by atoms with Crippen molar-refractivity contribution in [1.29, 1.82) is 0 Å². The van der Waals surface area contributed by atoms with Gasteiger partial charge in [-0.2, -0.15) is 5.10 Å². The van der Waals surface area contributed by atoms with Gasteiger partial charge in [-0.15, -0.1) is 0 Å². The highest BCUT2D eigenvalue weighted by molar-refractivity contribution is 5.30. The summed E-state index contributed by atoms with van der Waals surface area (Å²) in [6.45, 7) is 0.800. The Labute approximate surface area is 106 Å². The van der Waals surface area contributed by atoms with Crippen LogP contribution < -0.4 is 10.1 Å². The average molecular weight is 244 g/mol. The van der Waals surface area contributed by atoms with Gasteiger partial charge in [-0.05, 0) is 18.9 Å². The topological polar surface area (TPSA) is 52.0 Å². The first-order valence-corrected chi connectivity index (χ1v) is 6.15. The summed E-state index contributed by atoms with van der Waals surface area (Å²) < 4.78 is 7.46. The van der Waals surface area contributed by atoms with Crippen LogP contribution in [0.2, 0.25) is 0 Å². The maximum Gasteiger partial charge on any atom is 0.223 e. The lowest BCUT2D eigenvalue weighted by Crippen LogP contribution is -2.16. The third-order valence-corrected chi connectivity index (χ3v) is 2.90. The van der Waals surface area contributed by atoms with Gasteiger partial charge in [0.2, 0.25) is 5.88 Å². The van der Waals surface area contributed by atoms with Crippen LogP contribution in [-0.4, -0.2) is 20.8 Å². The van der Waals surface area contributed by atoms with Gasteiger partial charge in [-0.25, -0.2) is 4.98 Å². The van der Waals surface area contributed by atoms with Gasteiger partial charge >= 0.3 is 0 Å². The molecule has 3 rings (SSSR count). The van der Waals surface area contributed by atoms with Crippen LogP contribution in [0.1, 0.15) is 18.4 Å². The molecule has 1 saturated carbocycles. The molecule has 0 saturated heterocycles. The molecular weight excluding hydrogens is 228 g/mol. The van der Waals surface area contributed by atoms with Crippen molar-refractivity contribution in [2.45, 2.75) is 25.4 Å². The molecule has 5 heteroatoms. The molecule has 0 radical (unpaired) electrons. The number of nitrogens with zero attached hydrogens (tertiary/aromatic N) is 3. The van der Waals surface area contributed by atoms with Crippen LogP contribution in [0.5, 0.6) is 11.6 Å². The van der Waals surface area contributed by atoms with E-state index in [1.807, 2.05) is 25.4 Å². The first kappa shape index (κ1) is 11.2. The second-order valence-electron chi connectivity index (χ2n) is 4.57. The minimum atomic E-state index is 0.652. The molecule has 1 aliphatic rings. The molecule has 0 amide bonds. The van der Waals surface area contributed by atoms with Crippen LogP contribution >= 0.6 is 0 Å². The van der Waals surface area contributed by atoms with Crippen molar-refractivity contribution in [1.82, 2.24) is 20.1 Å². The zero-order valence-electron chi connectivity index (χ0n) is 10.3. The largest absolute Gasteiger partial charge is 0.435 e. The van der Waals surface area contributed by atoms with Crippen molar-refractivity contribution in [2.24, 2.45) is 7.05 Å². The third-order valence-electron chi connectivity index (χ3n) is 2.90. The van der Waals surface area contributed by atoms with E-state index in [1.165, 1.54) is 12.8 Å². The Bertz CT molecular complexity index is 533. The normalized spacial score (nSPS) is 14.7. The standard InChI is InChI=1S/C13H16N4O/c1-17-9-12(8-16-17)18-13-10(3-2-6-14-13)7-15-11-4-5-11/h2-3,6,8-9,11,15H,4-5,7H2,1H3. The molecule has 1 aliphatic carbocycles. The maximum atomic E-state index is 5.75. The van der Waals surface area contributed by atoms with Crippen molar-refractivity contribution < 1.29 is 4.74 Å². The Balaban J connectivity index is 1.73. The van der Waals surface area contributed by atoms with E-state index >= 15 is 0 Å². The van der Waals surface area contributed by atoms with Crippen molar-refractivity contribution in [2.75, 3.05) is 0 Å². The van der Waals surface area contributed by atoms with Crippen LogP contribution in [-0.2, 0) is 13.6 Å². The fourth-order valence-electron chi connectivity index (χ4n) is 1.76. The van der Waals surface area contributed by atoms with E-state index in [0.29, 0.717) is 17.7 Å². The molecule has 2 heterocycles. The quantitative estimate of drug-likeness (QED) is 0.872. The van der Waals surface area contributed by atoms with E-state index in [4.69, 9.17) is 4.74 Å². The van der Waals surface area contributed by atoms with E-state index in [1.54, 1.807) is 17.1 Å². The van der Waals surface area contributed by atoms with Gasteiger partial charge < -0.3 is 10.1 Å². The summed E-state index contributed by atoms with van der Waals surface area (Å²) in [5, 5.41) is 7.54. The predicted octanol–water partition coefficient (Wildman–Crippen LogP) is 1.86. The Kier molecular flexibility index (Phi) is 2.98. The smallest absolute Gasteiger partial charge is 0.223 e. The van der Waals surface area contributed by atoms with Gasteiger partial charge in [0.15, 0.2) is 5.75 Å². The highest BCUT2D eigenvalue weighted by Gasteiger charge is 2.20. The lowest BCUT2D eigenvalue weighted by molar-refractivity contribution is 0.452. The number of aromatic nitrogens is 3. The lowest BCUT2D eigenvalue weighted by atomic mass is 10.2. The van der Waals surface area contributed by atoms with Gasteiger partial charge in [0.05, 0.1) is 12.4 Å². The summed E-state index contributed by atoms with van der Waals surface area (Å²) in [6, 6.07) is 4.64. The minimum absolute atomic E-state index is 0.652. The first-order chi connectivity index (χ1) is 8.81. The summed E-state index contributed by atoms with van der Waals surface area (Å²) in [5.41, 5.74) is 1.08. The average Bonchev–Trinajstić information content (AvgIpc) is 3.12. The Morgan fingerprint density at radius 2 is 2.39 bits per heavy atom. The maximum absolute atomic E-state index is 5.75. The molecule has 0 aromatic carbocycles. The summed E-state index contributed by atoms with van der Waals surface area (Å²) in [4.78, 5) is 4.28. The second kappa shape index (κ2) is 4.78. The number of aryl methyl sites for hydroxylation is 1. The van der Waals surface area contributed by atoms with E-state index in [9.17, 15) is 0 Å². The molecule has 0 bridgehead atoms. The molecule has 1 N–H and O–H groups in total. The Morgan fingerprint density at radius 3 is 3.11 bits per heavy atom. The van der Waals surface area contributed by atoms with Gasteiger partial charge in [0.25, 0.3) is 0 Å². The summed E-state index contributed by atoms with van der Waals surface area (Å²) >= 11 is 0. The van der Waals surface area contributed by atoms with Crippen LogP contribution in [0.25, 0.3) is 0 Å². The molecule has 1 fully saturated rings. The van der Waals surface area contributed by atoms with Crippen molar-refractivity contribution in [3.63, 3.8) is 0 Å². The number of hydrogen-bond donors (Lipinski definition) is 1. The van der Waals surface area contributed by atoms with Crippen molar-refractivity contribution >= 4 is 0 Å². The SMILES string of the molecule is Cn1cc(Oc2ncccc2CNC2CC2)cn1. The van der Waals surface area contributed by atoms with Crippen LogP contribution in [0, 0.1) is 0 Å². The van der Waals surface area contributed by atoms with Crippen molar-refractivity contribution in [3.05, 3.63) is 36.3 Å². The molecular formula is C13H16N4O. The number of ether oxygens (including phenoxy) is 1. The van der Waals surface area contributed by atoms with Gasteiger partial charge in [0, 0.05) is 31.4 Å². The highest BCUT2D eigenvalue weighted by atomic mass is 16.5. The van der Waals surface area contributed by atoms with E-state index < -0.39 is 0 Å². The lowest BCUT2D eigenvalue weighted by Gasteiger charge is -2.08. The van der Waals surface area contributed by atoms with E-state index in [0.717, 1.165) is 12.1 Å². The molecule has 0 aliphatic heterocycles. The summed E-state index contributed by atoms with van der Waals surface area (Å²) in [6.07, 6.45) is 7.81. The molecule has 2 aromatic rings. The van der Waals surface area contributed by atoms with Gasteiger partial charge in [-0.1, -0.05) is 6.07 Å². The molecule has 0 unspecified atom stereocenters. The monoisotopic (exact) mass is 244 g/mol. The van der Waals surface area contributed by atoms with Crippen LogP contribution in [0.3, 0.4) is 0 Å². The van der Waals surface area contributed by atoms with Gasteiger partial charge in [-0.3, -0.25) is 4.68 Å². The number of pyridine rings is 1. The number of hydrogen-bond acceptors (Lipinski definition) is 4. The molecule has 2 aromatic heterocycles. The van der Waals surface area contributed by atoms with Crippen LogP contribution in [0.15, 0.2) is 30.7 Å². The molecule has 0 atom stereocenters. The molecule has 0 spiro atoms. The summed E-state index contributed by atoms with van der Waals surface area (Å²) in [5.74, 6) is 1.36. The Hall–Kier alpha value is -1.88. The minimum Gasteiger partial charge on any atom is -0.435 e. The second-order valence-corrected chi connectivity index (χ2v) is 4.57. The molecule has 5 nitrogen and oxygen atoms in total.